The van der Waals surface area contributed by atoms with Crippen LogP contribution in [0.1, 0.15) is 27.7 Å². The van der Waals surface area contributed by atoms with Crippen molar-refractivity contribution in [2.24, 2.45) is 5.41 Å². The normalized spacial score (nSPS) is 11.7. The molecule has 0 unspecified atom stereocenters. The van der Waals surface area contributed by atoms with Crippen molar-refractivity contribution in [2.75, 3.05) is 19.8 Å². The second-order valence-electron chi connectivity index (χ2n) is 7.62. The van der Waals surface area contributed by atoms with E-state index in [1.54, 1.807) is 0 Å². The highest BCUT2D eigenvalue weighted by Crippen LogP contribution is 2.41. The first-order valence-corrected chi connectivity index (χ1v) is 9.75. The first kappa shape index (κ1) is 31.6. The summed E-state index contributed by atoms with van der Waals surface area (Å²) in [5, 5.41) is 40.9. The van der Waals surface area contributed by atoms with Gasteiger partial charge in [-0.15, -0.1) is 0 Å². The maximum Gasteiger partial charge on any atom is 0.518 e. The molecule has 0 atom stereocenters. The molecule has 0 bridgehead atoms. The number of esters is 4. The fraction of sp³-hybridized carbons (Fsp3) is 0.455. The lowest BCUT2D eigenvalue weighted by Crippen LogP contribution is -2.66. The Kier molecular flexibility index (Phi) is 11.2. The van der Waals surface area contributed by atoms with Crippen molar-refractivity contribution in [3.8, 4) is 0 Å². The van der Waals surface area contributed by atoms with Gasteiger partial charge < -0.3 is 34.3 Å². The van der Waals surface area contributed by atoms with Gasteiger partial charge in [0.05, 0.1) is 19.8 Å². The Morgan fingerprint density at radius 3 is 1.09 bits per heavy atom. The van der Waals surface area contributed by atoms with Crippen molar-refractivity contribution in [1.29, 1.82) is 0 Å². The van der Waals surface area contributed by atoms with E-state index >= 15 is 0 Å². The smallest absolute Gasteiger partial charge is 0.395 e. The molecule has 0 fully saturated rings. The predicted molar refractivity (Wildman–Crippen MR) is 116 cm³/mol. The second-order valence-corrected chi connectivity index (χ2v) is 7.62. The highest BCUT2D eigenvalue weighted by atomic mass is 17.1. The number of hydrogen-bond acceptors (Lipinski definition) is 13. The molecule has 35 heavy (non-hydrogen) atoms. The third kappa shape index (κ3) is 7.83. The molecule has 13 nitrogen and oxygen atoms in total. The highest BCUT2D eigenvalue weighted by molar-refractivity contribution is 5.89. The van der Waals surface area contributed by atoms with Crippen molar-refractivity contribution in [2.45, 2.75) is 39.8 Å². The first-order valence-electron chi connectivity index (χ1n) is 9.75. The van der Waals surface area contributed by atoms with Crippen molar-refractivity contribution < 1.29 is 63.3 Å². The van der Waals surface area contributed by atoms with Crippen LogP contribution in [0.2, 0.25) is 0 Å². The average Bonchev–Trinajstić information content (AvgIpc) is 2.74. The van der Waals surface area contributed by atoms with E-state index in [-0.39, 0.29) is 22.3 Å². The number of carbonyl (C=O) groups is 4. The summed E-state index contributed by atoms with van der Waals surface area (Å²) < 4.78 is 24.4. The zero-order valence-electron chi connectivity index (χ0n) is 19.9. The lowest BCUT2D eigenvalue weighted by atomic mass is 9.87. The zero-order valence-corrected chi connectivity index (χ0v) is 19.9. The summed E-state index contributed by atoms with van der Waals surface area (Å²) in [4.78, 5) is 49.2. The van der Waals surface area contributed by atoms with Crippen LogP contribution in [0.3, 0.4) is 0 Å². The van der Waals surface area contributed by atoms with E-state index in [4.69, 9.17) is 14.2 Å². The van der Waals surface area contributed by atoms with Gasteiger partial charge in [-0.3, -0.25) is 5.11 Å². The minimum Gasteiger partial charge on any atom is -0.395 e. The van der Waals surface area contributed by atoms with E-state index in [0.717, 1.165) is 27.7 Å². The molecule has 0 aliphatic carbocycles. The predicted octanol–water partition coefficient (Wildman–Crippen LogP) is -0.299. The maximum absolute atomic E-state index is 12.5. The molecule has 0 saturated carbocycles. The number of carbonyl (C=O) groups excluding carboxylic acids is 4. The fourth-order valence-corrected chi connectivity index (χ4v) is 1.89. The van der Waals surface area contributed by atoms with Gasteiger partial charge in [0.1, 0.15) is 5.41 Å². The molecule has 0 aromatic carbocycles. The number of rotatable bonds is 14. The number of aliphatic hydroxyl groups excluding tert-OH is 3. The molecular weight excluding hydrogens is 472 g/mol. The quantitative estimate of drug-likeness (QED) is 0.137. The third-order valence-corrected chi connectivity index (χ3v) is 4.11. The van der Waals surface area contributed by atoms with Gasteiger partial charge in [0.15, 0.2) is 0 Å². The van der Waals surface area contributed by atoms with E-state index in [9.17, 15) is 39.6 Å². The Labute approximate surface area is 201 Å². The molecule has 0 heterocycles. The summed E-state index contributed by atoms with van der Waals surface area (Å²) >= 11 is 0. The molecule has 0 spiro atoms. The monoisotopic (exact) mass is 502 g/mol. The van der Waals surface area contributed by atoms with Gasteiger partial charge in [-0.05, 0) is 27.7 Å². The summed E-state index contributed by atoms with van der Waals surface area (Å²) in [6.45, 7) is 13.7. The molecule has 13 heteroatoms. The van der Waals surface area contributed by atoms with Gasteiger partial charge in [-0.25, -0.2) is 23.9 Å². The topological polar surface area (TPSA) is 195 Å². The van der Waals surface area contributed by atoms with Crippen molar-refractivity contribution in [1.82, 2.24) is 0 Å². The number of aliphatic hydroxyl groups is 4. The molecule has 0 aliphatic heterocycles. The van der Waals surface area contributed by atoms with Gasteiger partial charge in [0, 0.05) is 22.3 Å². The van der Waals surface area contributed by atoms with Gasteiger partial charge in [0.2, 0.25) is 0 Å². The first-order chi connectivity index (χ1) is 15.9. The highest BCUT2D eigenvalue weighted by Gasteiger charge is 2.65. The largest absolute Gasteiger partial charge is 0.518 e. The Morgan fingerprint density at radius 2 is 0.857 bits per heavy atom. The van der Waals surface area contributed by atoms with Crippen LogP contribution in [0.25, 0.3) is 0 Å². The van der Waals surface area contributed by atoms with E-state index in [0.29, 0.717) is 0 Å². The van der Waals surface area contributed by atoms with Crippen LogP contribution in [0.5, 0.6) is 0 Å². The van der Waals surface area contributed by atoms with Gasteiger partial charge in [-0.2, -0.15) is 0 Å². The van der Waals surface area contributed by atoms with E-state index in [1.165, 1.54) is 0 Å². The van der Waals surface area contributed by atoms with Gasteiger partial charge in [0.25, 0.3) is 0 Å². The van der Waals surface area contributed by atoms with E-state index < -0.39 is 61.2 Å². The van der Waals surface area contributed by atoms with Gasteiger partial charge >= 0.3 is 36.0 Å². The van der Waals surface area contributed by atoms with Crippen LogP contribution in [-0.2, 0) is 42.9 Å². The lowest BCUT2D eigenvalue weighted by Gasteiger charge is -2.45. The van der Waals surface area contributed by atoms with Crippen LogP contribution in [-0.4, -0.2) is 76.3 Å². The van der Waals surface area contributed by atoms with E-state index in [2.05, 4.69) is 35.8 Å². The molecule has 196 valence electrons. The molecule has 0 rings (SSSR count). The Hall–Kier alpha value is -3.36. The van der Waals surface area contributed by atoms with E-state index in [1.807, 2.05) is 0 Å². The molecule has 0 aromatic rings. The maximum atomic E-state index is 12.5. The van der Waals surface area contributed by atoms with Crippen molar-refractivity contribution in [3.05, 3.63) is 48.6 Å². The summed E-state index contributed by atoms with van der Waals surface area (Å²) in [6.07, 6.45) is -3.87. The molecule has 4 N–H and O–H groups in total. The SMILES string of the molecule is C=C(C)C(=O)OC(O)(OC(=O)C(=C)C)OC(OC(=O)C(=C)C)(OC(=O)C(=C)C)C(CO)(CO)CO. The molecule has 0 amide bonds. The number of ether oxygens (including phenoxy) is 5. The lowest BCUT2D eigenvalue weighted by molar-refractivity contribution is -0.550. The fourth-order valence-electron chi connectivity index (χ4n) is 1.89. The minimum absolute atomic E-state index is 0.348. The summed E-state index contributed by atoms with van der Waals surface area (Å²) in [6, 6.07) is 0. The molecule has 0 saturated heterocycles. The Balaban J connectivity index is 7.25. The molecule has 0 aliphatic rings. The standard InChI is InChI=1S/C22H30O13/c1-12(2)16(26)31-21(32-17(27)13(3)4,20(9-23,10-24)11-25)35-22(30,33-18(28)14(5)6)34-19(29)15(7)8/h23-25,30H,1,3,5,7,9-11H2,2,4,6,8H3. The number of hydrogen-bond donors (Lipinski definition) is 4. The summed E-state index contributed by atoms with van der Waals surface area (Å²) in [5.41, 5.74) is -4.08. The third-order valence-electron chi connectivity index (χ3n) is 4.11. The van der Waals surface area contributed by atoms with Crippen molar-refractivity contribution in [3.63, 3.8) is 0 Å². The van der Waals surface area contributed by atoms with Crippen molar-refractivity contribution >= 4 is 23.9 Å². The molecule has 0 radical (unpaired) electrons. The van der Waals surface area contributed by atoms with Crippen LogP contribution < -0.4 is 0 Å². The average molecular weight is 502 g/mol. The van der Waals surface area contributed by atoms with Gasteiger partial charge in [-0.1, -0.05) is 26.3 Å². The molecule has 0 aromatic heterocycles. The van der Waals surface area contributed by atoms with Crippen LogP contribution in [0.4, 0.5) is 0 Å². The summed E-state index contributed by atoms with van der Waals surface area (Å²) in [5.74, 6) is -9.18. The molecular formula is C22H30O13. The van der Waals surface area contributed by atoms with Crippen LogP contribution in [0, 0.1) is 5.41 Å². The van der Waals surface area contributed by atoms with Crippen LogP contribution in [0.15, 0.2) is 48.6 Å². The van der Waals surface area contributed by atoms with Crippen LogP contribution >= 0.6 is 0 Å². The minimum atomic E-state index is -3.87. The zero-order chi connectivity index (χ0) is 27.8. The Morgan fingerprint density at radius 1 is 0.600 bits per heavy atom. The second kappa shape index (κ2) is 12.4. The summed E-state index contributed by atoms with van der Waals surface area (Å²) in [7, 11) is 0. The Bertz CT molecular complexity index is 846.